The molecule has 0 bridgehead atoms. The van der Waals surface area contributed by atoms with Gasteiger partial charge >= 0.3 is 0 Å². The molecule has 2 amide bonds. The maximum Gasteiger partial charge on any atom is 0.255 e. The van der Waals surface area contributed by atoms with Gasteiger partial charge in [-0.25, -0.2) is 8.78 Å². The molecule has 2 N–H and O–H groups in total. The molecule has 102 valence electrons. The Kier molecular flexibility index (Phi) is 4.09. The van der Waals surface area contributed by atoms with E-state index in [1.165, 1.54) is 0 Å². The van der Waals surface area contributed by atoms with Crippen molar-refractivity contribution >= 4 is 11.8 Å². The van der Waals surface area contributed by atoms with Crippen molar-refractivity contribution in [3.05, 3.63) is 35.4 Å². The van der Waals surface area contributed by atoms with Crippen LogP contribution in [0.1, 0.15) is 29.6 Å². The summed E-state index contributed by atoms with van der Waals surface area (Å²) in [7, 11) is 0. The minimum absolute atomic E-state index is 0.289. The Morgan fingerprint density at radius 3 is 2.89 bits per heavy atom. The number of halogens is 2. The van der Waals surface area contributed by atoms with Gasteiger partial charge in [-0.15, -0.1) is 0 Å². The van der Waals surface area contributed by atoms with Crippen LogP contribution in [0.4, 0.5) is 8.78 Å². The van der Waals surface area contributed by atoms with Gasteiger partial charge < -0.3 is 10.6 Å². The fraction of sp³-hybridized carbons (Fsp3) is 0.385. The molecule has 1 saturated heterocycles. The van der Waals surface area contributed by atoms with Crippen molar-refractivity contribution in [3.8, 4) is 0 Å². The van der Waals surface area contributed by atoms with Gasteiger partial charge in [0.1, 0.15) is 17.7 Å². The Morgan fingerprint density at radius 2 is 2.11 bits per heavy atom. The molecule has 0 aliphatic carbocycles. The first-order valence-corrected chi connectivity index (χ1v) is 6.11. The van der Waals surface area contributed by atoms with Crippen LogP contribution < -0.4 is 10.6 Å². The fourth-order valence-electron chi connectivity index (χ4n) is 1.98. The zero-order valence-electron chi connectivity index (χ0n) is 10.2. The standard InChI is InChI=1S/C13H14F2N2O2/c14-8-4-5-10(15)9(7-8)12(18)17-11-3-1-2-6-16-13(11)19/h4-5,7,11H,1-3,6H2,(H,16,19)(H,17,18)/t11-/m1/s1. The highest BCUT2D eigenvalue weighted by Gasteiger charge is 2.24. The third kappa shape index (κ3) is 3.27. The zero-order valence-corrected chi connectivity index (χ0v) is 10.2. The Bertz CT molecular complexity index is 505. The second-order valence-electron chi connectivity index (χ2n) is 4.44. The van der Waals surface area contributed by atoms with Crippen molar-refractivity contribution in [2.24, 2.45) is 0 Å². The van der Waals surface area contributed by atoms with Crippen LogP contribution in [0.5, 0.6) is 0 Å². The molecule has 1 aromatic rings. The molecular formula is C13H14F2N2O2. The summed E-state index contributed by atoms with van der Waals surface area (Å²) in [4.78, 5) is 23.5. The van der Waals surface area contributed by atoms with Crippen molar-refractivity contribution < 1.29 is 18.4 Å². The molecule has 1 fully saturated rings. The number of amides is 2. The Labute approximate surface area is 109 Å². The molecule has 19 heavy (non-hydrogen) atoms. The summed E-state index contributed by atoms with van der Waals surface area (Å²) in [6.07, 6.45) is 2.12. The van der Waals surface area contributed by atoms with Gasteiger partial charge in [0.15, 0.2) is 0 Å². The van der Waals surface area contributed by atoms with Gasteiger partial charge in [0.2, 0.25) is 5.91 Å². The summed E-state index contributed by atoms with van der Waals surface area (Å²) in [5, 5.41) is 5.09. The predicted octanol–water partition coefficient (Wildman–Crippen LogP) is 1.36. The lowest BCUT2D eigenvalue weighted by atomic mass is 10.1. The topological polar surface area (TPSA) is 58.2 Å². The molecule has 6 heteroatoms. The molecule has 0 spiro atoms. The monoisotopic (exact) mass is 268 g/mol. The Balaban J connectivity index is 2.11. The molecule has 4 nitrogen and oxygen atoms in total. The van der Waals surface area contributed by atoms with Crippen molar-refractivity contribution in [1.29, 1.82) is 0 Å². The van der Waals surface area contributed by atoms with Crippen LogP contribution in [0, 0.1) is 11.6 Å². The van der Waals surface area contributed by atoms with Crippen LogP contribution >= 0.6 is 0 Å². The van der Waals surface area contributed by atoms with E-state index in [-0.39, 0.29) is 5.91 Å². The summed E-state index contributed by atoms with van der Waals surface area (Å²) in [5.41, 5.74) is -0.392. The molecule has 0 aromatic heterocycles. The fourth-order valence-corrected chi connectivity index (χ4v) is 1.98. The summed E-state index contributed by atoms with van der Waals surface area (Å²) in [6, 6.07) is 1.94. The van der Waals surface area contributed by atoms with Crippen LogP contribution in [0.15, 0.2) is 18.2 Å². The number of benzene rings is 1. The lowest BCUT2D eigenvalue weighted by Gasteiger charge is -2.15. The van der Waals surface area contributed by atoms with Gasteiger partial charge in [-0.05, 0) is 37.5 Å². The van der Waals surface area contributed by atoms with Crippen molar-refractivity contribution in [2.45, 2.75) is 25.3 Å². The molecule has 0 radical (unpaired) electrons. The van der Waals surface area contributed by atoms with E-state index in [9.17, 15) is 18.4 Å². The first-order chi connectivity index (χ1) is 9.08. The van der Waals surface area contributed by atoms with Crippen LogP contribution in [0.3, 0.4) is 0 Å². The molecule has 2 rings (SSSR count). The van der Waals surface area contributed by atoms with Gasteiger partial charge in [-0.2, -0.15) is 0 Å². The second kappa shape index (κ2) is 5.77. The van der Waals surface area contributed by atoms with Crippen LogP contribution in [0.2, 0.25) is 0 Å². The van der Waals surface area contributed by atoms with Crippen LogP contribution in [-0.2, 0) is 4.79 Å². The van der Waals surface area contributed by atoms with E-state index in [0.29, 0.717) is 13.0 Å². The van der Waals surface area contributed by atoms with E-state index in [2.05, 4.69) is 10.6 Å². The number of carbonyl (C=O) groups is 2. The highest BCUT2D eigenvalue weighted by atomic mass is 19.1. The Hall–Kier alpha value is -1.98. The third-order valence-electron chi connectivity index (χ3n) is 3.01. The first kappa shape index (κ1) is 13.5. The number of hydrogen-bond donors (Lipinski definition) is 2. The maximum atomic E-state index is 13.4. The summed E-state index contributed by atoms with van der Waals surface area (Å²) in [6.45, 7) is 0.569. The van der Waals surface area contributed by atoms with Gasteiger partial charge in [-0.3, -0.25) is 9.59 Å². The second-order valence-corrected chi connectivity index (χ2v) is 4.44. The third-order valence-corrected chi connectivity index (χ3v) is 3.01. The van der Waals surface area contributed by atoms with Crippen molar-refractivity contribution in [3.63, 3.8) is 0 Å². The van der Waals surface area contributed by atoms with Crippen LogP contribution in [0.25, 0.3) is 0 Å². The average Bonchev–Trinajstić information content (AvgIpc) is 2.58. The van der Waals surface area contributed by atoms with Crippen molar-refractivity contribution in [2.75, 3.05) is 6.54 Å². The molecule has 0 saturated carbocycles. The van der Waals surface area contributed by atoms with Gasteiger partial charge in [0.05, 0.1) is 5.56 Å². The Morgan fingerprint density at radius 1 is 1.32 bits per heavy atom. The van der Waals surface area contributed by atoms with Gasteiger partial charge in [0, 0.05) is 6.54 Å². The first-order valence-electron chi connectivity index (χ1n) is 6.11. The summed E-state index contributed by atoms with van der Waals surface area (Å²) < 4.78 is 26.4. The maximum absolute atomic E-state index is 13.4. The van der Waals surface area contributed by atoms with Crippen LogP contribution in [-0.4, -0.2) is 24.4 Å². The molecule has 0 unspecified atom stereocenters. The van der Waals surface area contributed by atoms with E-state index in [4.69, 9.17) is 0 Å². The number of hydrogen-bond acceptors (Lipinski definition) is 2. The predicted molar refractivity (Wildman–Crippen MR) is 64.5 cm³/mol. The molecule has 1 heterocycles. The summed E-state index contributed by atoms with van der Waals surface area (Å²) in [5.74, 6) is -2.58. The lowest BCUT2D eigenvalue weighted by molar-refractivity contribution is -0.122. The quantitative estimate of drug-likeness (QED) is 0.851. The largest absolute Gasteiger partial charge is 0.354 e. The van der Waals surface area contributed by atoms with Gasteiger partial charge in [0.25, 0.3) is 5.91 Å². The summed E-state index contributed by atoms with van der Waals surface area (Å²) >= 11 is 0. The normalized spacial score (nSPS) is 19.5. The molecule has 1 atom stereocenters. The highest BCUT2D eigenvalue weighted by Crippen LogP contribution is 2.11. The molecule has 1 aromatic carbocycles. The molecular weight excluding hydrogens is 254 g/mol. The minimum atomic E-state index is -0.812. The zero-order chi connectivity index (χ0) is 13.8. The van der Waals surface area contributed by atoms with E-state index >= 15 is 0 Å². The smallest absolute Gasteiger partial charge is 0.255 e. The average molecular weight is 268 g/mol. The number of carbonyl (C=O) groups excluding carboxylic acids is 2. The minimum Gasteiger partial charge on any atom is -0.354 e. The van der Waals surface area contributed by atoms with E-state index in [1.807, 2.05) is 0 Å². The van der Waals surface area contributed by atoms with E-state index in [1.54, 1.807) is 0 Å². The van der Waals surface area contributed by atoms with Crippen molar-refractivity contribution in [1.82, 2.24) is 10.6 Å². The highest BCUT2D eigenvalue weighted by molar-refractivity contribution is 5.97. The number of nitrogens with one attached hydrogen (secondary N) is 2. The van der Waals surface area contributed by atoms with Gasteiger partial charge in [-0.1, -0.05) is 0 Å². The lowest BCUT2D eigenvalue weighted by Crippen LogP contribution is -2.45. The molecule has 1 aliphatic heterocycles. The van der Waals surface area contributed by atoms with E-state index in [0.717, 1.165) is 31.0 Å². The SMILES string of the molecule is O=C(N[C@@H]1CCCCNC1=O)c1cc(F)ccc1F. The van der Waals surface area contributed by atoms with E-state index < -0.39 is 29.1 Å². The number of rotatable bonds is 2. The molecule has 1 aliphatic rings.